The number of carbonyl (C=O) groups excluding carboxylic acids is 2. The zero-order valence-corrected chi connectivity index (χ0v) is 22.1. The molecule has 0 saturated carbocycles. The molecular weight excluding hydrogens is 498 g/mol. The quantitative estimate of drug-likeness (QED) is 0.423. The fourth-order valence-corrected chi connectivity index (χ4v) is 5.38. The minimum atomic E-state index is -4.10. The highest BCUT2D eigenvalue weighted by Crippen LogP contribution is 2.26. The predicted octanol–water partition coefficient (Wildman–Crippen LogP) is 4.40. The Hall–Kier alpha value is -3.36. The van der Waals surface area contributed by atoms with E-state index >= 15 is 0 Å². The molecule has 0 radical (unpaired) electrons. The fraction of sp³-hybridized carbons (Fsp3) is 0.259. The molecule has 0 aliphatic carbocycles. The first-order chi connectivity index (χ1) is 17.2. The summed E-state index contributed by atoms with van der Waals surface area (Å²) in [6, 6.07) is 21.2. The summed E-state index contributed by atoms with van der Waals surface area (Å²) in [5.74, 6) is -0.818. The molecule has 190 valence electrons. The van der Waals surface area contributed by atoms with Gasteiger partial charge >= 0.3 is 0 Å². The van der Waals surface area contributed by atoms with Gasteiger partial charge in [0.2, 0.25) is 11.8 Å². The van der Waals surface area contributed by atoms with Crippen LogP contribution in [0, 0.1) is 6.92 Å². The molecule has 0 spiro atoms. The maximum atomic E-state index is 13.8. The van der Waals surface area contributed by atoms with Crippen LogP contribution in [0.5, 0.6) is 0 Å². The first-order valence-electron chi connectivity index (χ1n) is 11.6. The van der Waals surface area contributed by atoms with Gasteiger partial charge in [0.05, 0.1) is 10.6 Å². The van der Waals surface area contributed by atoms with Crippen molar-refractivity contribution < 1.29 is 18.0 Å². The van der Waals surface area contributed by atoms with Crippen molar-refractivity contribution in [3.05, 3.63) is 95.0 Å². The number of carbonyl (C=O) groups is 2. The fourth-order valence-electron chi connectivity index (χ4n) is 3.84. The zero-order chi connectivity index (χ0) is 26.3. The highest BCUT2D eigenvalue weighted by Gasteiger charge is 2.33. The number of anilines is 1. The molecule has 0 aliphatic rings. The SMILES string of the molecule is CC[C@@H](C(=O)NC)N(Cc1ccccc1)C(=O)CN(c1ccc(Cl)cc1)S(=O)(=O)c1ccc(C)cc1. The van der Waals surface area contributed by atoms with Crippen molar-refractivity contribution in [1.29, 1.82) is 0 Å². The van der Waals surface area contributed by atoms with E-state index < -0.39 is 28.5 Å². The third-order valence-corrected chi connectivity index (χ3v) is 7.87. The topological polar surface area (TPSA) is 86.8 Å². The first-order valence-corrected chi connectivity index (χ1v) is 13.4. The van der Waals surface area contributed by atoms with E-state index in [2.05, 4.69) is 5.32 Å². The van der Waals surface area contributed by atoms with Crippen LogP contribution in [0.3, 0.4) is 0 Å². The van der Waals surface area contributed by atoms with Crippen LogP contribution in [0.4, 0.5) is 5.69 Å². The third-order valence-electron chi connectivity index (χ3n) is 5.83. The smallest absolute Gasteiger partial charge is 0.264 e. The van der Waals surface area contributed by atoms with Gasteiger partial charge in [-0.3, -0.25) is 13.9 Å². The number of rotatable bonds is 10. The minimum absolute atomic E-state index is 0.0591. The highest BCUT2D eigenvalue weighted by atomic mass is 35.5. The zero-order valence-electron chi connectivity index (χ0n) is 20.5. The summed E-state index contributed by atoms with van der Waals surface area (Å²) in [4.78, 5) is 27.9. The average Bonchev–Trinajstić information content (AvgIpc) is 2.88. The molecule has 1 atom stereocenters. The van der Waals surface area contributed by atoms with E-state index in [1.807, 2.05) is 44.2 Å². The van der Waals surface area contributed by atoms with Crippen LogP contribution in [0.2, 0.25) is 5.02 Å². The Bertz CT molecular complexity index is 1280. The number of halogens is 1. The number of hydrogen-bond donors (Lipinski definition) is 1. The van der Waals surface area contributed by atoms with Gasteiger partial charge in [0, 0.05) is 18.6 Å². The minimum Gasteiger partial charge on any atom is -0.357 e. The standard InChI is InChI=1S/C27H30ClN3O4S/c1-4-25(27(33)29-3)30(18-21-8-6-5-7-9-21)26(32)19-31(23-14-12-22(28)13-15-23)36(34,35)24-16-10-20(2)11-17-24/h5-17,25H,4,18-19H2,1-3H3,(H,29,33)/t25-/m0/s1. The molecule has 36 heavy (non-hydrogen) atoms. The van der Waals surface area contributed by atoms with E-state index in [0.29, 0.717) is 17.1 Å². The van der Waals surface area contributed by atoms with Crippen LogP contribution in [-0.4, -0.2) is 44.8 Å². The van der Waals surface area contributed by atoms with Crippen molar-refractivity contribution in [2.24, 2.45) is 0 Å². The van der Waals surface area contributed by atoms with Gasteiger partial charge in [-0.1, -0.05) is 66.6 Å². The van der Waals surface area contributed by atoms with Crippen molar-refractivity contribution in [2.75, 3.05) is 17.9 Å². The van der Waals surface area contributed by atoms with Gasteiger partial charge in [-0.05, 0) is 55.3 Å². The molecule has 0 saturated heterocycles. The van der Waals surface area contributed by atoms with Crippen LogP contribution in [0.1, 0.15) is 24.5 Å². The Kier molecular flexibility index (Phi) is 9.12. The van der Waals surface area contributed by atoms with Gasteiger partial charge in [0.1, 0.15) is 12.6 Å². The second-order valence-electron chi connectivity index (χ2n) is 8.35. The Balaban J connectivity index is 2.04. The number of hydrogen-bond acceptors (Lipinski definition) is 4. The van der Waals surface area contributed by atoms with Gasteiger partial charge in [0.15, 0.2) is 0 Å². The normalized spacial score (nSPS) is 12.0. The molecular formula is C27H30ClN3O4S. The van der Waals surface area contributed by atoms with Crippen molar-refractivity contribution in [3.63, 3.8) is 0 Å². The lowest BCUT2D eigenvalue weighted by Crippen LogP contribution is -2.51. The Morgan fingerprint density at radius 3 is 2.11 bits per heavy atom. The molecule has 0 aliphatic heterocycles. The van der Waals surface area contributed by atoms with Crippen molar-refractivity contribution in [1.82, 2.24) is 10.2 Å². The molecule has 3 aromatic carbocycles. The number of sulfonamides is 1. The van der Waals surface area contributed by atoms with Gasteiger partial charge in [0.25, 0.3) is 10.0 Å². The molecule has 0 unspecified atom stereocenters. The van der Waals surface area contributed by atoms with E-state index in [-0.39, 0.29) is 17.3 Å². The lowest BCUT2D eigenvalue weighted by atomic mass is 10.1. The van der Waals surface area contributed by atoms with Gasteiger partial charge < -0.3 is 10.2 Å². The molecule has 7 nitrogen and oxygen atoms in total. The molecule has 0 aromatic heterocycles. The van der Waals surface area contributed by atoms with Crippen LogP contribution >= 0.6 is 11.6 Å². The molecule has 2 amide bonds. The summed E-state index contributed by atoms with van der Waals surface area (Å²) in [6.07, 6.45) is 0.365. The first kappa shape index (κ1) is 27.2. The van der Waals surface area contributed by atoms with Crippen LogP contribution in [0.25, 0.3) is 0 Å². The lowest BCUT2D eigenvalue weighted by Gasteiger charge is -2.33. The molecule has 3 rings (SSSR count). The average molecular weight is 528 g/mol. The van der Waals surface area contributed by atoms with Gasteiger partial charge in [-0.15, -0.1) is 0 Å². The number of aryl methyl sites for hydroxylation is 1. The summed E-state index contributed by atoms with van der Waals surface area (Å²) in [6.45, 7) is 3.34. The maximum Gasteiger partial charge on any atom is 0.264 e. The molecule has 0 bridgehead atoms. The molecule has 0 fully saturated rings. The summed E-state index contributed by atoms with van der Waals surface area (Å²) in [7, 11) is -2.59. The Morgan fingerprint density at radius 1 is 0.944 bits per heavy atom. The van der Waals surface area contributed by atoms with Crippen molar-refractivity contribution in [3.8, 4) is 0 Å². The largest absolute Gasteiger partial charge is 0.357 e. The van der Waals surface area contributed by atoms with E-state index in [0.717, 1.165) is 15.4 Å². The Morgan fingerprint density at radius 2 is 1.56 bits per heavy atom. The maximum absolute atomic E-state index is 13.8. The summed E-state index contributed by atoms with van der Waals surface area (Å²) in [5.41, 5.74) is 2.03. The summed E-state index contributed by atoms with van der Waals surface area (Å²) in [5, 5.41) is 3.05. The summed E-state index contributed by atoms with van der Waals surface area (Å²) >= 11 is 6.04. The summed E-state index contributed by atoms with van der Waals surface area (Å²) < 4.78 is 28.5. The van der Waals surface area contributed by atoms with E-state index in [1.54, 1.807) is 36.4 Å². The third kappa shape index (κ3) is 6.44. The number of nitrogens with one attached hydrogen (secondary N) is 1. The Labute approximate surface area is 217 Å². The van der Waals surface area contributed by atoms with Crippen LogP contribution < -0.4 is 9.62 Å². The molecule has 0 heterocycles. The molecule has 3 aromatic rings. The van der Waals surface area contributed by atoms with Crippen molar-refractivity contribution >= 4 is 39.1 Å². The van der Waals surface area contributed by atoms with Crippen molar-refractivity contribution in [2.45, 2.75) is 37.8 Å². The predicted molar refractivity (Wildman–Crippen MR) is 142 cm³/mol. The highest BCUT2D eigenvalue weighted by molar-refractivity contribution is 7.92. The number of nitrogens with zero attached hydrogens (tertiary/aromatic N) is 2. The number of amides is 2. The van der Waals surface area contributed by atoms with E-state index in [4.69, 9.17) is 11.6 Å². The molecule has 9 heteroatoms. The van der Waals surface area contributed by atoms with Gasteiger partial charge in [-0.2, -0.15) is 0 Å². The second-order valence-corrected chi connectivity index (χ2v) is 10.6. The van der Waals surface area contributed by atoms with Crippen LogP contribution in [0.15, 0.2) is 83.8 Å². The lowest BCUT2D eigenvalue weighted by molar-refractivity contribution is -0.140. The molecule has 1 N–H and O–H groups in total. The second kappa shape index (κ2) is 12.1. The van der Waals surface area contributed by atoms with Crippen LogP contribution in [-0.2, 0) is 26.2 Å². The number of benzene rings is 3. The van der Waals surface area contributed by atoms with E-state index in [1.165, 1.54) is 24.1 Å². The monoisotopic (exact) mass is 527 g/mol. The van der Waals surface area contributed by atoms with E-state index in [9.17, 15) is 18.0 Å². The number of likely N-dealkylation sites (N-methyl/N-ethyl adjacent to an activating group) is 1. The van der Waals surface area contributed by atoms with Gasteiger partial charge in [-0.25, -0.2) is 8.42 Å².